The zero-order valence-corrected chi connectivity index (χ0v) is 35.1. The monoisotopic (exact) mass is 767 g/mol. The molecule has 8 heteroatoms. The summed E-state index contributed by atoms with van der Waals surface area (Å²) in [6.45, 7) is 4.38. The summed E-state index contributed by atoms with van der Waals surface area (Å²) in [6, 6.07) is -0.633. The van der Waals surface area contributed by atoms with Gasteiger partial charge in [-0.2, -0.15) is 0 Å². The van der Waals surface area contributed by atoms with Crippen molar-refractivity contribution in [2.45, 2.75) is 142 Å². The number of allylic oxidation sites excluding steroid dienone is 16. The number of ether oxygens (including phenoxy) is 3. The minimum absolute atomic E-state index is 0.0252. The fraction of sp³-hybridized carbons (Fsp3) is 0.596. The molecular formula is C47H76NO7+. The molecule has 2 atom stereocenters. The fourth-order valence-corrected chi connectivity index (χ4v) is 5.33. The smallest absolute Gasteiger partial charge is 0.362 e. The van der Waals surface area contributed by atoms with E-state index >= 15 is 0 Å². The highest BCUT2D eigenvalue weighted by atomic mass is 16.6. The lowest BCUT2D eigenvalue weighted by Gasteiger charge is -2.31. The van der Waals surface area contributed by atoms with Gasteiger partial charge in [0, 0.05) is 19.3 Å². The molecule has 0 heterocycles. The Kier molecular flexibility index (Phi) is 34.7. The first kappa shape index (κ1) is 51.2. The Hall–Kier alpha value is -3.75. The number of aliphatic carboxylic acids is 1. The van der Waals surface area contributed by atoms with Gasteiger partial charge in [0.2, 0.25) is 0 Å². The number of carboxylic acid groups (broad SMARTS) is 1. The van der Waals surface area contributed by atoms with Crippen molar-refractivity contribution in [2.75, 3.05) is 41.0 Å². The van der Waals surface area contributed by atoms with Gasteiger partial charge >= 0.3 is 17.9 Å². The number of unbranched alkanes of at least 4 members (excludes halogenated alkanes) is 5. The van der Waals surface area contributed by atoms with E-state index in [9.17, 15) is 19.5 Å². The van der Waals surface area contributed by atoms with Crippen LogP contribution in [0.2, 0.25) is 0 Å². The number of hydrogen-bond donors (Lipinski definition) is 1. The Morgan fingerprint density at radius 1 is 0.545 bits per heavy atom. The van der Waals surface area contributed by atoms with Crippen LogP contribution in [0, 0.1) is 0 Å². The van der Waals surface area contributed by atoms with Gasteiger partial charge in [0.1, 0.15) is 6.61 Å². The molecule has 0 amide bonds. The number of esters is 2. The molecular weight excluding hydrogens is 691 g/mol. The maximum atomic E-state index is 12.7. The zero-order chi connectivity index (χ0) is 40.7. The van der Waals surface area contributed by atoms with Crippen LogP contribution in [0.3, 0.4) is 0 Å². The highest BCUT2D eigenvalue weighted by Crippen LogP contribution is 2.12. The molecule has 0 saturated heterocycles. The first-order valence-corrected chi connectivity index (χ1v) is 20.8. The molecule has 0 spiro atoms. The van der Waals surface area contributed by atoms with Crippen LogP contribution >= 0.6 is 0 Å². The maximum absolute atomic E-state index is 12.7. The summed E-state index contributed by atoms with van der Waals surface area (Å²) in [5, 5.41) is 9.60. The molecule has 0 aliphatic carbocycles. The van der Waals surface area contributed by atoms with E-state index in [1.807, 2.05) is 33.3 Å². The average Bonchev–Trinajstić information content (AvgIpc) is 3.14. The van der Waals surface area contributed by atoms with Crippen LogP contribution in [0.1, 0.15) is 129 Å². The normalized spacial score (nSPS) is 14.0. The standard InChI is InChI=1S/C47H75NO7/c1-6-8-10-12-14-16-18-20-21-22-23-24-25-26-28-29-31-33-35-37-45(49)54-42-43(41-53-40-39-44(47(51)52)48(3,4)5)55-46(50)38-36-34-32-30-27-19-17-15-13-11-9-7-2/h8-11,14-17,20-21,23-24,26,28,31,33,43-44H,6-7,12-13,18-19,22,25,27,29-30,32,34-42H2,1-5H3/p+1/b10-8+,11-9+,16-14+,17-15+,21-20+,24-23+,28-26+,33-31+. The second kappa shape index (κ2) is 37.2. The summed E-state index contributed by atoms with van der Waals surface area (Å²) < 4.78 is 17.1. The van der Waals surface area contributed by atoms with Crippen LogP contribution in [0.5, 0.6) is 0 Å². The van der Waals surface area contributed by atoms with Gasteiger partial charge in [-0.15, -0.1) is 0 Å². The van der Waals surface area contributed by atoms with Crippen molar-refractivity contribution in [1.82, 2.24) is 0 Å². The maximum Gasteiger partial charge on any atom is 0.362 e. The quantitative estimate of drug-likeness (QED) is 0.0297. The Morgan fingerprint density at radius 3 is 1.49 bits per heavy atom. The topological polar surface area (TPSA) is 99.1 Å². The molecule has 0 aromatic carbocycles. The third kappa shape index (κ3) is 35.7. The van der Waals surface area contributed by atoms with Gasteiger partial charge in [-0.25, -0.2) is 4.79 Å². The lowest BCUT2D eigenvalue weighted by atomic mass is 10.1. The molecule has 0 aromatic rings. The van der Waals surface area contributed by atoms with Gasteiger partial charge in [-0.05, 0) is 77.0 Å². The molecule has 0 rings (SSSR count). The molecule has 2 unspecified atom stereocenters. The summed E-state index contributed by atoms with van der Waals surface area (Å²) in [5.74, 6) is -1.61. The Balaban J connectivity index is 4.52. The molecule has 1 N–H and O–H groups in total. The summed E-state index contributed by atoms with van der Waals surface area (Å²) in [6.07, 6.45) is 49.0. The van der Waals surface area contributed by atoms with Crippen molar-refractivity contribution in [3.63, 3.8) is 0 Å². The minimum Gasteiger partial charge on any atom is -0.477 e. The van der Waals surface area contributed by atoms with E-state index in [2.05, 4.69) is 98.9 Å². The van der Waals surface area contributed by atoms with Crippen molar-refractivity contribution in [1.29, 1.82) is 0 Å². The van der Waals surface area contributed by atoms with Gasteiger partial charge in [-0.3, -0.25) is 9.59 Å². The van der Waals surface area contributed by atoms with Crippen molar-refractivity contribution in [3.05, 3.63) is 97.2 Å². The molecule has 0 fully saturated rings. The molecule has 0 saturated carbocycles. The van der Waals surface area contributed by atoms with Crippen LogP contribution in [0.25, 0.3) is 0 Å². The second-order valence-corrected chi connectivity index (χ2v) is 14.5. The molecule has 0 aliphatic heterocycles. The Bertz CT molecular complexity index is 1220. The summed E-state index contributed by atoms with van der Waals surface area (Å²) in [5.41, 5.74) is 0. The lowest BCUT2D eigenvalue weighted by molar-refractivity contribution is -0.887. The van der Waals surface area contributed by atoms with Gasteiger partial charge < -0.3 is 23.8 Å². The molecule has 0 radical (unpaired) electrons. The molecule has 55 heavy (non-hydrogen) atoms. The average molecular weight is 767 g/mol. The highest BCUT2D eigenvalue weighted by Gasteiger charge is 2.31. The predicted octanol–water partition coefficient (Wildman–Crippen LogP) is 11.1. The van der Waals surface area contributed by atoms with Gasteiger partial charge in [0.15, 0.2) is 12.1 Å². The molecule has 310 valence electrons. The predicted molar refractivity (Wildman–Crippen MR) is 229 cm³/mol. The Labute approximate surface area is 335 Å². The molecule has 0 aromatic heterocycles. The SMILES string of the molecule is CC/C=C/C/C=C/C/C=C/C/C=C/C/C=C/C/C=C/CCC(=O)OCC(COCCC(C(=O)O)[N+](C)(C)C)OC(=O)CCCCCCC/C=C/C/C=C/CC. The summed E-state index contributed by atoms with van der Waals surface area (Å²) in [7, 11) is 5.48. The van der Waals surface area contributed by atoms with Crippen LogP contribution in [0.15, 0.2) is 97.2 Å². The number of likely N-dealkylation sites (N-methyl/N-ethyl adjacent to an activating group) is 1. The number of carbonyl (C=O) groups is 3. The Morgan fingerprint density at radius 2 is 1.00 bits per heavy atom. The van der Waals surface area contributed by atoms with E-state index in [-0.39, 0.29) is 42.7 Å². The number of rotatable bonds is 35. The van der Waals surface area contributed by atoms with Gasteiger partial charge in [-0.1, -0.05) is 130 Å². The first-order valence-electron chi connectivity index (χ1n) is 20.8. The van der Waals surface area contributed by atoms with Crippen molar-refractivity contribution >= 4 is 17.9 Å². The third-order valence-electron chi connectivity index (χ3n) is 8.49. The largest absolute Gasteiger partial charge is 0.477 e. The summed E-state index contributed by atoms with van der Waals surface area (Å²) >= 11 is 0. The van der Waals surface area contributed by atoms with Gasteiger partial charge in [0.05, 0.1) is 34.4 Å². The number of carbonyl (C=O) groups excluding carboxylic acids is 2. The van der Waals surface area contributed by atoms with E-state index in [1.165, 1.54) is 0 Å². The van der Waals surface area contributed by atoms with Crippen LogP contribution in [-0.4, -0.2) is 80.6 Å². The number of nitrogens with zero attached hydrogens (tertiary/aromatic N) is 1. The number of carboxylic acids is 1. The lowest BCUT2D eigenvalue weighted by Crippen LogP contribution is -2.50. The molecule has 0 bridgehead atoms. The van der Waals surface area contributed by atoms with Crippen LogP contribution in [0.4, 0.5) is 0 Å². The van der Waals surface area contributed by atoms with E-state index in [0.29, 0.717) is 19.3 Å². The van der Waals surface area contributed by atoms with E-state index in [0.717, 1.165) is 89.9 Å². The van der Waals surface area contributed by atoms with Crippen molar-refractivity contribution in [3.8, 4) is 0 Å². The summed E-state index contributed by atoms with van der Waals surface area (Å²) in [4.78, 5) is 36.8. The number of hydrogen-bond acceptors (Lipinski definition) is 6. The first-order chi connectivity index (χ1) is 26.6. The molecule has 0 aliphatic rings. The van der Waals surface area contributed by atoms with Gasteiger partial charge in [0.25, 0.3) is 0 Å². The molecule has 8 nitrogen and oxygen atoms in total. The van der Waals surface area contributed by atoms with E-state index in [1.54, 1.807) is 0 Å². The van der Waals surface area contributed by atoms with Crippen LogP contribution in [-0.2, 0) is 28.6 Å². The minimum atomic E-state index is -0.892. The van der Waals surface area contributed by atoms with Crippen LogP contribution < -0.4 is 0 Å². The fourth-order valence-electron chi connectivity index (χ4n) is 5.33. The van der Waals surface area contributed by atoms with E-state index in [4.69, 9.17) is 14.2 Å². The second-order valence-electron chi connectivity index (χ2n) is 14.5. The number of quaternary nitrogens is 1. The van der Waals surface area contributed by atoms with E-state index < -0.39 is 18.1 Å². The third-order valence-corrected chi connectivity index (χ3v) is 8.49. The van der Waals surface area contributed by atoms with Crippen molar-refractivity contribution < 1.29 is 38.2 Å². The zero-order valence-electron chi connectivity index (χ0n) is 35.1. The highest BCUT2D eigenvalue weighted by molar-refractivity contribution is 5.72. The van der Waals surface area contributed by atoms with Crippen molar-refractivity contribution in [2.24, 2.45) is 0 Å².